The zero-order valence-corrected chi connectivity index (χ0v) is 17.2. The third-order valence-corrected chi connectivity index (χ3v) is 5.47. The number of nitrogens with zero attached hydrogens (tertiary/aromatic N) is 4. The Labute approximate surface area is 178 Å². The second kappa shape index (κ2) is 9.41. The summed E-state index contributed by atoms with van der Waals surface area (Å²) in [5, 5.41) is 12.3. The van der Waals surface area contributed by atoms with E-state index in [1.165, 1.54) is 11.8 Å². The van der Waals surface area contributed by atoms with Crippen molar-refractivity contribution in [3.05, 3.63) is 84.6 Å². The number of hydrogen-bond donors (Lipinski definition) is 1. The number of aromatic nitrogens is 4. The van der Waals surface area contributed by atoms with E-state index in [0.717, 1.165) is 22.7 Å². The first-order valence-corrected chi connectivity index (χ1v) is 10.5. The van der Waals surface area contributed by atoms with Crippen molar-refractivity contribution in [3.63, 3.8) is 0 Å². The lowest BCUT2D eigenvalue weighted by atomic mass is 10.2. The fourth-order valence-electron chi connectivity index (χ4n) is 3.03. The maximum atomic E-state index is 12.4. The lowest BCUT2D eigenvalue weighted by Crippen LogP contribution is -2.28. The molecule has 3 aromatic heterocycles. The summed E-state index contributed by atoms with van der Waals surface area (Å²) in [5.74, 6) is 1.57. The van der Waals surface area contributed by atoms with E-state index in [1.807, 2.05) is 47.9 Å². The normalized spacial score (nSPS) is 11.9. The summed E-state index contributed by atoms with van der Waals surface area (Å²) < 4.78 is 7.36. The van der Waals surface area contributed by atoms with E-state index in [9.17, 15) is 4.79 Å². The van der Waals surface area contributed by atoms with Crippen molar-refractivity contribution >= 4 is 17.7 Å². The van der Waals surface area contributed by atoms with Crippen LogP contribution in [0.25, 0.3) is 11.4 Å². The first-order valence-electron chi connectivity index (χ1n) is 9.54. The van der Waals surface area contributed by atoms with Gasteiger partial charge in [-0.3, -0.25) is 14.3 Å². The molecule has 152 valence electrons. The van der Waals surface area contributed by atoms with Crippen molar-refractivity contribution in [3.8, 4) is 11.4 Å². The van der Waals surface area contributed by atoms with Gasteiger partial charge in [0.25, 0.3) is 0 Å². The molecular weight excluding hydrogens is 398 g/mol. The molecule has 4 rings (SSSR count). The number of thioether (sulfide) groups is 1. The third-order valence-electron chi connectivity index (χ3n) is 4.50. The Hall–Kier alpha value is -3.39. The molecular formula is C22H21N5O2S. The molecule has 1 N–H and O–H groups in total. The molecule has 0 unspecified atom stereocenters. The van der Waals surface area contributed by atoms with Crippen LogP contribution in [0.1, 0.15) is 24.3 Å². The smallest absolute Gasteiger partial charge is 0.231 e. The van der Waals surface area contributed by atoms with Gasteiger partial charge in [0.2, 0.25) is 5.91 Å². The Kier molecular flexibility index (Phi) is 6.24. The summed E-state index contributed by atoms with van der Waals surface area (Å²) in [6.45, 7) is 2.49. The van der Waals surface area contributed by atoms with Gasteiger partial charge in [-0.2, -0.15) is 0 Å². The van der Waals surface area contributed by atoms with E-state index in [1.54, 1.807) is 24.7 Å². The Morgan fingerprint density at radius 3 is 2.73 bits per heavy atom. The average molecular weight is 420 g/mol. The highest BCUT2D eigenvalue weighted by molar-refractivity contribution is 7.99. The largest absolute Gasteiger partial charge is 0.467 e. The van der Waals surface area contributed by atoms with Gasteiger partial charge in [0, 0.05) is 18.0 Å². The first-order chi connectivity index (χ1) is 14.7. The SMILES string of the molecule is C[C@H](NC(=O)CSc1nnc(-c2cccnc2)n1Cc1ccccc1)c1ccco1. The van der Waals surface area contributed by atoms with E-state index < -0.39 is 0 Å². The first kappa shape index (κ1) is 19.9. The molecule has 7 nitrogen and oxygen atoms in total. The Morgan fingerprint density at radius 1 is 1.13 bits per heavy atom. The van der Waals surface area contributed by atoms with Crippen molar-refractivity contribution in [1.82, 2.24) is 25.1 Å². The monoisotopic (exact) mass is 419 g/mol. The number of nitrogens with one attached hydrogen (secondary N) is 1. The van der Waals surface area contributed by atoms with Crippen molar-refractivity contribution < 1.29 is 9.21 Å². The Morgan fingerprint density at radius 2 is 2.00 bits per heavy atom. The van der Waals surface area contributed by atoms with Crippen LogP contribution in [0.4, 0.5) is 0 Å². The van der Waals surface area contributed by atoms with E-state index in [4.69, 9.17) is 4.42 Å². The minimum atomic E-state index is -0.193. The second-order valence-electron chi connectivity index (χ2n) is 6.71. The summed E-state index contributed by atoms with van der Waals surface area (Å²) in [4.78, 5) is 16.6. The van der Waals surface area contributed by atoms with Crippen LogP contribution >= 0.6 is 11.8 Å². The predicted octanol–water partition coefficient (Wildman–Crippen LogP) is 3.95. The predicted molar refractivity (Wildman–Crippen MR) is 115 cm³/mol. The van der Waals surface area contributed by atoms with Crippen LogP contribution in [0.5, 0.6) is 0 Å². The van der Waals surface area contributed by atoms with Crippen LogP contribution < -0.4 is 5.32 Å². The van der Waals surface area contributed by atoms with Crippen LogP contribution in [0.2, 0.25) is 0 Å². The molecule has 0 aliphatic heterocycles. The van der Waals surface area contributed by atoms with Crippen LogP contribution in [0.3, 0.4) is 0 Å². The molecule has 30 heavy (non-hydrogen) atoms. The van der Waals surface area contributed by atoms with Crippen molar-refractivity contribution in [2.45, 2.75) is 24.7 Å². The molecule has 0 spiro atoms. The highest BCUT2D eigenvalue weighted by atomic mass is 32.2. The van der Waals surface area contributed by atoms with Crippen molar-refractivity contribution in [1.29, 1.82) is 0 Å². The van der Waals surface area contributed by atoms with Gasteiger partial charge in [-0.15, -0.1) is 10.2 Å². The minimum absolute atomic E-state index is 0.0962. The van der Waals surface area contributed by atoms with Gasteiger partial charge in [-0.1, -0.05) is 42.1 Å². The molecule has 1 atom stereocenters. The van der Waals surface area contributed by atoms with Gasteiger partial charge in [0.15, 0.2) is 11.0 Å². The van der Waals surface area contributed by atoms with Gasteiger partial charge in [-0.05, 0) is 36.8 Å². The van der Waals surface area contributed by atoms with E-state index in [2.05, 4.69) is 32.6 Å². The standard InChI is InChI=1S/C22H21N5O2S/c1-16(19-10-6-12-29-19)24-20(28)15-30-22-26-25-21(18-9-5-11-23-13-18)27(22)14-17-7-3-2-4-8-17/h2-13,16H,14-15H2,1H3,(H,24,28)/t16-/m0/s1. The fourth-order valence-corrected chi connectivity index (χ4v) is 3.78. The lowest BCUT2D eigenvalue weighted by Gasteiger charge is -2.12. The number of amides is 1. The molecule has 3 heterocycles. The number of benzene rings is 1. The molecule has 1 aromatic carbocycles. The number of rotatable bonds is 8. The maximum absolute atomic E-state index is 12.4. The van der Waals surface area contributed by atoms with Crippen LogP contribution in [0.15, 0.2) is 82.8 Å². The molecule has 4 aromatic rings. The summed E-state index contributed by atoms with van der Waals surface area (Å²) in [6.07, 6.45) is 5.08. The molecule has 0 aliphatic carbocycles. The molecule has 0 bridgehead atoms. The van der Waals surface area contributed by atoms with Crippen LogP contribution in [-0.2, 0) is 11.3 Å². The topological polar surface area (TPSA) is 85.8 Å². The van der Waals surface area contributed by atoms with Gasteiger partial charge in [0.1, 0.15) is 5.76 Å². The zero-order valence-electron chi connectivity index (χ0n) is 16.4. The Bertz CT molecular complexity index is 1080. The molecule has 0 aliphatic rings. The molecule has 1 amide bonds. The highest BCUT2D eigenvalue weighted by Gasteiger charge is 2.17. The number of pyridine rings is 1. The maximum Gasteiger partial charge on any atom is 0.231 e. The highest BCUT2D eigenvalue weighted by Crippen LogP contribution is 2.25. The van der Waals surface area contributed by atoms with E-state index in [0.29, 0.717) is 11.7 Å². The minimum Gasteiger partial charge on any atom is -0.467 e. The lowest BCUT2D eigenvalue weighted by molar-refractivity contribution is -0.119. The van der Waals surface area contributed by atoms with E-state index in [-0.39, 0.29) is 17.7 Å². The molecule has 0 radical (unpaired) electrons. The van der Waals surface area contributed by atoms with Crippen LogP contribution in [-0.4, -0.2) is 31.4 Å². The van der Waals surface area contributed by atoms with Gasteiger partial charge in [-0.25, -0.2) is 0 Å². The second-order valence-corrected chi connectivity index (χ2v) is 7.66. The third kappa shape index (κ3) is 4.77. The summed E-state index contributed by atoms with van der Waals surface area (Å²) in [5.41, 5.74) is 2.00. The number of hydrogen-bond acceptors (Lipinski definition) is 6. The van der Waals surface area contributed by atoms with Crippen molar-refractivity contribution in [2.75, 3.05) is 5.75 Å². The number of furan rings is 1. The average Bonchev–Trinajstić information content (AvgIpc) is 3.44. The van der Waals surface area contributed by atoms with Gasteiger partial charge >= 0.3 is 0 Å². The van der Waals surface area contributed by atoms with Gasteiger partial charge in [0.05, 0.1) is 24.6 Å². The molecule has 0 fully saturated rings. The Balaban J connectivity index is 1.51. The summed E-state index contributed by atoms with van der Waals surface area (Å²) in [7, 11) is 0. The van der Waals surface area contributed by atoms with E-state index >= 15 is 0 Å². The molecule has 0 saturated heterocycles. The fraction of sp³-hybridized carbons (Fsp3) is 0.182. The van der Waals surface area contributed by atoms with Crippen LogP contribution in [0, 0.1) is 0 Å². The molecule has 8 heteroatoms. The number of carbonyl (C=O) groups excluding carboxylic acids is 1. The summed E-state index contributed by atoms with van der Waals surface area (Å²) >= 11 is 1.36. The zero-order chi connectivity index (χ0) is 20.8. The molecule has 0 saturated carbocycles. The van der Waals surface area contributed by atoms with Crippen molar-refractivity contribution in [2.24, 2.45) is 0 Å². The number of carbonyl (C=O) groups is 1. The quantitative estimate of drug-likeness (QED) is 0.435. The summed E-state index contributed by atoms with van der Waals surface area (Å²) in [6, 6.07) is 17.4. The van der Waals surface area contributed by atoms with Gasteiger partial charge < -0.3 is 9.73 Å².